The van der Waals surface area contributed by atoms with Crippen LogP contribution in [0.4, 0.5) is 0 Å². The van der Waals surface area contributed by atoms with E-state index in [-0.39, 0.29) is 0 Å². The Kier molecular flexibility index (Phi) is 15.3. The van der Waals surface area contributed by atoms with Crippen molar-refractivity contribution in [3.63, 3.8) is 0 Å². The summed E-state index contributed by atoms with van der Waals surface area (Å²) in [5.74, 6) is 2.84. The first-order chi connectivity index (χ1) is 10.5. The summed E-state index contributed by atoms with van der Waals surface area (Å²) in [5.41, 5.74) is 0.832. The highest BCUT2D eigenvalue weighted by Crippen LogP contribution is 2.28. The van der Waals surface area contributed by atoms with E-state index in [4.69, 9.17) is 0 Å². The van der Waals surface area contributed by atoms with Gasteiger partial charge in [-0.25, -0.2) is 0 Å². The Morgan fingerprint density at radius 1 is 0.682 bits per heavy atom. The van der Waals surface area contributed by atoms with E-state index in [9.17, 15) is 0 Å². The topological polar surface area (TPSA) is 0 Å². The second kappa shape index (κ2) is 15.0. The lowest BCUT2D eigenvalue weighted by Crippen LogP contribution is -2.09. The summed E-state index contributed by atoms with van der Waals surface area (Å²) in [4.78, 5) is 0. The second-order valence-corrected chi connectivity index (χ2v) is 8.86. The fourth-order valence-corrected chi connectivity index (χ4v) is 4.06. The minimum absolute atomic E-state index is 0.832. The van der Waals surface area contributed by atoms with Crippen LogP contribution in [0, 0.1) is 17.8 Å². The van der Waals surface area contributed by atoms with Gasteiger partial charge in [0.1, 0.15) is 0 Å². The first kappa shape index (κ1) is 22.4. The van der Waals surface area contributed by atoms with Crippen molar-refractivity contribution in [2.24, 2.45) is 17.8 Å². The zero-order valence-electron chi connectivity index (χ0n) is 16.4. The third-order valence-electron chi connectivity index (χ3n) is 5.36. The highest BCUT2D eigenvalue weighted by Gasteiger charge is 2.14. The molecule has 1 heteroatoms. The lowest BCUT2D eigenvalue weighted by Gasteiger charge is -2.22. The molecular weight excluding hydrogens is 283 g/mol. The van der Waals surface area contributed by atoms with Gasteiger partial charge in [0.05, 0.1) is 0 Å². The highest BCUT2D eigenvalue weighted by molar-refractivity contribution is 7.17. The fourth-order valence-electron chi connectivity index (χ4n) is 3.59. The van der Waals surface area contributed by atoms with Crippen LogP contribution in [-0.4, -0.2) is 5.66 Å². The summed E-state index contributed by atoms with van der Waals surface area (Å²) in [6.45, 7) is 11.9. The molecule has 0 saturated heterocycles. The number of hydrogen-bond donors (Lipinski definition) is 0. The van der Waals surface area contributed by atoms with Gasteiger partial charge in [0.25, 0.3) is 0 Å². The number of hydrogen-bond acceptors (Lipinski definition) is 0. The molecule has 0 nitrogen and oxygen atoms in total. The molecule has 0 fully saturated rings. The van der Waals surface area contributed by atoms with Gasteiger partial charge in [-0.1, -0.05) is 98.8 Å². The smallest absolute Gasteiger partial charge is 0.0264 e. The normalized spacial score (nSPS) is 17.2. The van der Waals surface area contributed by atoms with Gasteiger partial charge in [-0.2, -0.15) is 0 Å². The Bertz CT molecular complexity index is 226. The number of unbranched alkanes of at least 4 members (excludes halogenated alkanes) is 2. The first-order valence-corrected chi connectivity index (χ1v) is 11.0. The third kappa shape index (κ3) is 12.9. The van der Waals surface area contributed by atoms with Crippen LogP contribution in [-0.2, 0) is 0 Å². The molecule has 0 aliphatic carbocycles. The molecule has 0 aromatic carbocycles. The van der Waals surface area contributed by atoms with Crippen LogP contribution in [0.1, 0.15) is 112 Å². The van der Waals surface area contributed by atoms with Gasteiger partial charge in [-0.05, 0) is 36.3 Å². The van der Waals surface area contributed by atoms with Crippen molar-refractivity contribution in [1.29, 1.82) is 0 Å². The Hall–Kier alpha value is 0.430. The van der Waals surface area contributed by atoms with E-state index in [0.29, 0.717) is 0 Å². The summed E-state index contributed by atoms with van der Waals surface area (Å²) >= 11 is 0. The number of rotatable bonds is 15. The Labute approximate surface area is 144 Å². The standard InChI is InChI=1S/C21H45P/c1-6-9-10-12-20(15-13-18(4)11-7-2)16-14-19(5)17-21(22)8-3/h18-21H,6-17,22H2,1-5H3. The zero-order chi connectivity index (χ0) is 16.8. The summed E-state index contributed by atoms with van der Waals surface area (Å²) in [7, 11) is 3.03. The fraction of sp³-hybridized carbons (Fsp3) is 1.00. The van der Waals surface area contributed by atoms with Gasteiger partial charge >= 0.3 is 0 Å². The average molecular weight is 329 g/mol. The Balaban J connectivity index is 4.10. The predicted molar refractivity (Wildman–Crippen MR) is 108 cm³/mol. The van der Waals surface area contributed by atoms with E-state index in [1.54, 1.807) is 0 Å². The van der Waals surface area contributed by atoms with E-state index in [0.717, 1.165) is 23.4 Å². The van der Waals surface area contributed by atoms with Crippen molar-refractivity contribution in [1.82, 2.24) is 0 Å². The van der Waals surface area contributed by atoms with Crippen LogP contribution in [0.25, 0.3) is 0 Å². The molecule has 0 radical (unpaired) electrons. The van der Waals surface area contributed by atoms with Crippen LogP contribution < -0.4 is 0 Å². The Morgan fingerprint density at radius 2 is 1.32 bits per heavy atom. The molecule has 0 N–H and O–H groups in total. The lowest BCUT2D eigenvalue weighted by molar-refractivity contribution is 0.319. The molecule has 5 atom stereocenters. The van der Waals surface area contributed by atoms with E-state index in [2.05, 4.69) is 43.9 Å². The summed E-state index contributed by atoms with van der Waals surface area (Å²) in [6, 6.07) is 0. The van der Waals surface area contributed by atoms with Crippen LogP contribution >= 0.6 is 9.24 Å². The van der Waals surface area contributed by atoms with Crippen molar-refractivity contribution >= 4 is 9.24 Å². The molecular formula is C21H45P. The summed E-state index contributed by atoms with van der Waals surface area (Å²) < 4.78 is 0. The van der Waals surface area contributed by atoms with Gasteiger partial charge in [0, 0.05) is 0 Å². The molecule has 0 spiro atoms. The van der Waals surface area contributed by atoms with Gasteiger partial charge in [-0.3, -0.25) is 0 Å². The van der Waals surface area contributed by atoms with Crippen molar-refractivity contribution in [3.05, 3.63) is 0 Å². The maximum atomic E-state index is 3.03. The van der Waals surface area contributed by atoms with Gasteiger partial charge in [-0.15, -0.1) is 9.24 Å². The maximum absolute atomic E-state index is 3.03. The molecule has 0 saturated carbocycles. The van der Waals surface area contributed by atoms with Crippen LogP contribution in [0.2, 0.25) is 0 Å². The monoisotopic (exact) mass is 328 g/mol. The average Bonchev–Trinajstić information content (AvgIpc) is 2.49. The minimum atomic E-state index is 0.832. The Morgan fingerprint density at radius 3 is 1.86 bits per heavy atom. The first-order valence-electron chi connectivity index (χ1n) is 10.3. The predicted octanol–water partition coefficient (Wildman–Crippen LogP) is 7.86. The van der Waals surface area contributed by atoms with Crippen molar-refractivity contribution in [3.8, 4) is 0 Å². The molecule has 0 aromatic rings. The lowest BCUT2D eigenvalue weighted by atomic mass is 9.85. The van der Waals surface area contributed by atoms with Crippen LogP contribution in [0.5, 0.6) is 0 Å². The van der Waals surface area contributed by atoms with E-state index in [1.165, 1.54) is 77.0 Å². The highest BCUT2D eigenvalue weighted by atomic mass is 31.0. The maximum Gasteiger partial charge on any atom is -0.0264 e. The molecule has 22 heavy (non-hydrogen) atoms. The van der Waals surface area contributed by atoms with Gasteiger partial charge in [0.2, 0.25) is 0 Å². The molecule has 134 valence electrons. The van der Waals surface area contributed by atoms with Crippen molar-refractivity contribution in [2.45, 2.75) is 117 Å². The van der Waals surface area contributed by atoms with E-state index >= 15 is 0 Å². The molecule has 0 amide bonds. The van der Waals surface area contributed by atoms with Crippen molar-refractivity contribution in [2.75, 3.05) is 0 Å². The summed E-state index contributed by atoms with van der Waals surface area (Å²) in [6.07, 6.45) is 17.1. The molecule has 0 bridgehead atoms. The van der Waals surface area contributed by atoms with Gasteiger partial charge < -0.3 is 0 Å². The second-order valence-electron chi connectivity index (χ2n) is 7.92. The zero-order valence-corrected chi connectivity index (χ0v) is 17.5. The molecule has 0 aliphatic rings. The molecule has 0 heterocycles. The summed E-state index contributed by atoms with van der Waals surface area (Å²) in [5, 5.41) is 0. The van der Waals surface area contributed by atoms with Gasteiger partial charge in [0.15, 0.2) is 0 Å². The quantitative estimate of drug-likeness (QED) is 0.212. The largest absolute Gasteiger partial charge is 0.134 e. The molecule has 0 rings (SSSR count). The van der Waals surface area contributed by atoms with Crippen LogP contribution in [0.15, 0.2) is 0 Å². The van der Waals surface area contributed by atoms with Crippen molar-refractivity contribution < 1.29 is 0 Å². The SMILES string of the molecule is CCCCCC(CCC(C)CCC)CCC(C)CC(P)CC. The molecule has 5 unspecified atom stereocenters. The van der Waals surface area contributed by atoms with E-state index in [1.807, 2.05) is 0 Å². The van der Waals surface area contributed by atoms with Crippen LogP contribution in [0.3, 0.4) is 0 Å². The minimum Gasteiger partial charge on any atom is -0.134 e. The van der Waals surface area contributed by atoms with E-state index < -0.39 is 0 Å². The molecule has 0 aliphatic heterocycles. The molecule has 0 aromatic heterocycles. The third-order valence-corrected chi connectivity index (χ3v) is 6.11.